The van der Waals surface area contributed by atoms with Crippen molar-refractivity contribution in [3.63, 3.8) is 0 Å². The van der Waals surface area contributed by atoms with Crippen LogP contribution in [0.25, 0.3) is 6.08 Å². The molecule has 0 saturated carbocycles. The number of hydrogen-bond donors (Lipinski definition) is 1. The molecule has 0 radical (unpaired) electrons. The zero-order valence-corrected chi connectivity index (χ0v) is 10.2. The number of carboxylic acids is 1. The third-order valence-corrected chi connectivity index (χ3v) is 2.40. The maximum absolute atomic E-state index is 10.9. The first kappa shape index (κ1) is 13.1. The average Bonchev–Trinajstić information content (AvgIpc) is 2.35. The molecule has 0 unspecified atom stereocenters. The molecule has 92 valence electrons. The van der Waals surface area contributed by atoms with Crippen LogP contribution in [0.5, 0.6) is 11.5 Å². The summed E-state index contributed by atoms with van der Waals surface area (Å²) in [6.07, 6.45) is 2.11. The molecule has 4 heteroatoms. The number of hydrogen-bond acceptors (Lipinski definition) is 3. The van der Waals surface area contributed by atoms with Crippen molar-refractivity contribution in [1.29, 1.82) is 0 Å². The fraction of sp³-hybridized carbons (Fsp3) is 0.308. The van der Waals surface area contributed by atoms with Crippen LogP contribution in [0.15, 0.2) is 23.8 Å². The summed E-state index contributed by atoms with van der Waals surface area (Å²) < 4.78 is 10.3. The summed E-state index contributed by atoms with van der Waals surface area (Å²) in [6.45, 7) is 1.81. The normalized spacial score (nSPS) is 11.1. The smallest absolute Gasteiger partial charge is 0.331 e. The fourth-order valence-electron chi connectivity index (χ4n) is 1.46. The molecule has 1 aromatic rings. The predicted molar refractivity (Wildman–Crippen MR) is 65.4 cm³/mol. The van der Waals surface area contributed by atoms with Crippen LogP contribution in [0.1, 0.15) is 18.9 Å². The maximum atomic E-state index is 10.9. The van der Waals surface area contributed by atoms with Crippen LogP contribution < -0.4 is 9.47 Å². The highest BCUT2D eigenvalue weighted by Gasteiger charge is 2.07. The first-order valence-electron chi connectivity index (χ1n) is 5.28. The van der Waals surface area contributed by atoms with E-state index in [2.05, 4.69) is 0 Å². The van der Waals surface area contributed by atoms with Gasteiger partial charge in [-0.1, -0.05) is 13.0 Å². The second kappa shape index (κ2) is 5.94. The number of ether oxygens (including phenoxy) is 2. The highest BCUT2D eigenvalue weighted by Crippen LogP contribution is 2.28. The summed E-state index contributed by atoms with van der Waals surface area (Å²) in [5.41, 5.74) is 1.14. The van der Waals surface area contributed by atoms with Crippen molar-refractivity contribution in [3.8, 4) is 11.5 Å². The molecule has 17 heavy (non-hydrogen) atoms. The van der Waals surface area contributed by atoms with E-state index in [0.717, 1.165) is 5.56 Å². The van der Waals surface area contributed by atoms with Gasteiger partial charge in [0.05, 0.1) is 14.2 Å². The van der Waals surface area contributed by atoms with Gasteiger partial charge >= 0.3 is 5.97 Å². The van der Waals surface area contributed by atoms with E-state index in [0.29, 0.717) is 23.5 Å². The van der Waals surface area contributed by atoms with E-state index in [1.807, 2.05) is 0 Å². The van der Waals surface area contributed by atoms with Crippen molar-refractivity contribution in [2.24, 2.45) is 0 Å². The fourth-order valence-corrected chi connectivity index (χ4v) is 1.46. The Bertz CT molecular complexity index is 435. The minimum absolute atomic E-state index is 0.359. The Morgan fingerprint density at radius 3 is 2.41 bits per heavy atom. The van der Waals surface area contributed by atoms with E-state index in [-0.39, 0.29) is 0 Å². The van der Waals surface area contributed by atoms with Gasteiger partial charge < -0.3 is 14.6 Å². The van der Waals surface area contributed by atoms with E-state index in [1.54, 1.807) is 45.4 Å². The number of carboxylic acid groups (broad SMARTS) is 1. The molecular formula is C13H16O4. The quantitative estimate of drug-likeness (QED) is 0.798. The van der Waals surface area contributed by atoms with Crippen LogP contribution in [0.4, 0.5) is 0 Å². The van der Waals surface area contributed by atoms with Gasteiger partial charge in [-0.3, -0.25) is 0 Å². The number of methoxy groups -OCH3 is 2. The van der Waals surface area contributed by atoms with Gasteiger partial charge in [0.15, 0.2) is 11.5 Å². The first-order valence-corrected chi connectivity index (χ1v) is 5.28. The lowest BCUT2D eigenvalue weighted by Gasteiger charge is -2.08. The number of rotatable bonds is 5. The van der Waals surface area contributed by atoms with Crippen LogP contribution in [0.2, 0.25) is 0 Å². The topological polar surface area (TPSA) is 55.8 Å². The van der Waals surface area contributed by atoms with Crippen LogP contribution in [-0.2, 0) is 4.79 Å². The largest absolute Gasteiger partial charge is 0.493 e. The Balaban J connectivity index is 3.11. The van der Waals surface area contributed by atoms with Gasteiger partial charge in [-0.25, -0.2) is 4.79 Å². The Morgan fingerprint density at radius 2 is 1.94 bits per heavy atom. The van der Waals surface area contributed by atoms with Crippen molar-refractivity contribution in [1.82, 2.24) is 0 Å². The van der Waals surface area contributed by atoms with Gasteiger partial charge in [0, 0.05) is 5.57 Å². The predicted octanol–water partition coefficient (Wildman–Crippen LogP) is 2.58. The van der Waals surface area contributed by atoms with Gasteiger partial charge in [-0.15, -0.1) is 0 Å². The zero-order chi connectivity index (χ0) is 12.8. The molecule has 1 aromatic carbocycles. The van der Waals surface area contributed by atoms with Crippen molar-refractivity contribution >= 4 is 12.0 Å². The molecule has 1 N–H and O–H groups in total. The van der Waals surface area contributed by atoms with Gasteiger partial charge in [0.2, 0.25) is 0 Å². The average molecular weight is 236 g/mol. The molecule has 0 bridgehead atoms. The van der Waals surface area contributed by atoms with Gasteiger partial charge in [0.25, 0.3) is 0 Å². The third kappa shape index (κ3) is 3.24. The van der Waals surface area contributed by atoms with Crippen LogP contribution in [0, 0.1) is 0 Å². The van der Waals surface area contributed by atoms with Crippen molar-refractivity contribution in [2.75, 3.05) is 14.2 Å². The van der Waals surface area contributed by atoms with Crippen LogP contribution >= 0.6 is 0 Å². The van der Waals surface area contributed by atoms with E-state index >= 15 is 0 Å². The molecule has 4 nitrogen and oxygen atoms in total. The second-order valence-electron chi connectivity index (χ2n) is 3.44. The Labute approximate surface area is 100 Å². The van der Waals surface area contributed by atoms with Crippen molar-refractivity contribution in [3.05, 3.63) is 29.3 Å². The molecule has 1 rings (SSSR count). The number of benzene rings is 1. The highest BCUT2D eigenvalue weighted by molar-refractivity contribution is 5.92. The van der Waals surface area contributed by atoms with Crippen molar-refractivity contribution in [2.45, 2.75) is 13.3 Å². The third-order valence-electron chi connectivity index (χ3n) is 2.40. The molecule has 0 atom stereocenters. The molecule has 0 amide bonds. The molecular weight excluding hydrogens is 220 g/mol. The standard InChI is InChI=1S/C13H16O4/c1-4-10(13(14)15)7-9-5-6-11(16-2)12(8-9)17-3/h5-8H,4H2,1-3H3,(H,14,15). The minimum Gasteiger partial charge on any atom is -0.493 e. The maximum Gasteiger partial charge on any atom is 0.331 e. The Kier molecular flexibility index (Phi) is 4.57. The number of aliphatic carboxylic acids is 1. The van der Waals surface area contributed by atoms with Crippen LogP contribution in [-0.4, -0.2) is 25.3 Å². The van der Waals surface area contributed by atoms with Gasteiger partial charge in [0.1, 0.15) is 0 Å². The molecule has 0 spiro atoms. The lowest BCUT2D eigenvalue weighted by Crippen LogP contribution is -1.99. The van der Waals surface area contributed by atoms with Gasteiger partial charge in [-0.05, 0) is 30.2 Å². The monoisotopic (exact) mass is 236 g/mol. The van der Waals surface area contributed by atoms with E-state index < -0.39 is 5.97 Å². The van der Waals surface area contributed by atoms with E-state index in [4.69, 9.17) is 14.6 Å². The second-order valence-corrected chi connectivity index (χ2v) is 3.44. The molecule has 0 fully saturated rings. The van der Waals surface area contributed by atoms with E-state index in [1.165, 1.54) is 0 Å². The first-order chi connectivity index (χ1) is 8.12. The summed E-state index contributed by atoms with van der Waals surface area (Å²) in [5, 5.41) is 8.94. The minimum atomic E-state index is -0.901. The summed E-state index contributed by atoms with van der Waals surface area (Å²) in [6, 6.07) is 5.29. The molecule has 0 aliphatic heterocycles. The lowest BCUT2D eigenvalue weighted by molar-refractivity contribution is -0.132. The van der Waals surface area contributed by atoms with E-state index in [9.17, 15) is 4.79 Å². The highest BCUT2D eigenvalue weighted by atomic mass is 16.5. The molecule has 0 aliphatic carbocycles. The number of carbonyl (C=O) groups is 1. The SMILES string of the molecule is CCC(=Cc1ccc(OC)c(OC)c1)C(=O)O. The summed E-state index contributed by atoms with van der Waals surface area (Å²) >= 11 is 0. The summed E-state index contributed by atoms with van der Waals surface area (Å²) in [5.74, 6) is 0.308. The molecule has 0 heterocycles. The van der Waals surface area contributed by atoms with Gasteiger partial charge in [-0.2, -0.15) is 0 Å². The Hall–Kier alpha value is -1.97. The zero-order valence-electron chi connectivity index (χ0n) is 10.2. The lowest BCUT2D eigenvalue weighted by atomic mass is 10.1. The molecule has 0 aromatic heterocycles. The molecule has 0 aliphatic rings. The van der Waals surface area contributed by atoms with Crippen molar-refractivity contribution < 1.29 is 19.4 Å². The summed E-state index contributed by atoms with van der Waals surface area (Å²) in [4.78, 5) is 10.9. The Morgan fingerprint density at radius 1 is 1.29 bits per heavy atom. The summed E-state index contributed by atoms with van der Waals surface area (Å²) in [7, 11) is 3.10. The molecule has 0 saturated heterocycles. The van der Waals surface area contributed by atoms with Crippen LogP contribution in [0.3, 0.4) is 0 Å².